The highest BCUT2D eigenvalue weighted by atomic mass is 79.9. The molecule has 0 amide bonds. The van der Waals surface area contributed by atoms with Crippen LogP contribution in [0, 0.1) is 6.92 Å². The molecule has 0 heterocycles. The molecule has 0 fully saturated rings. The van der Waals surface area contributed by atoms with E-state index in [4.69, 9.17) is 8.85 Å². The summed E-state index contributed by atoms with van der Waals surface area (Å²) in [5.74, 6) is 1.74. The van der Waals surface area contributed by atoms with Gasteiger partial charge in [-0.2, -0.15) is 0 Å². The van der Waals surface area contributed by atoms with Crippen LogP contribution >= 0.6 is 15.9 Å². The molecular formula is C19H25BrO2Si. The second kappa shape index (κ2) is 7.54. The van der Waals surface area contributed by atoms with Crippen molar-refractivity contribution in [2.75, 3.05) is 0 Å². The maximum Gasteiger partial charge on any atom is 0.465 e. The van der Waals surface area contributed by atoms with Crippen LogP contribution in [0.5, 0.6) is 11.5 Å². The lowest BCUT2D eigenvalue weighted by molar-refractivity contribution is 0.349. The van der Waals surface area contributed by atoms with Crippen molar-refractivity contribution in [1.82, 2.24) is 0 Å². The zero-order valence-electron chi connectivity index (χ0n) is 14.5. The first-order chi connectivity index (χ1) is 10.8. The molecule has 2 aromatic rings. The Balaban J connectivity index is 2.39. The van der Waals surface area contributed by atoms with Crippen LogP contribution in [0.25, 0.3) is 0 Å². The van der Waals surface area contributed by atoms with Gasteiger partial charge in [0.2, 0.25) is 0 Å². The highest BCUT2D eigenvalue weighted by Gasteiger charge is 2.49. The van der Waals surface area contributed by atoms with Gasteiger partial charge in [0.25, 0.3) is 0 Å². The summed E-state index contributed by atoms with van der Waals surface area (Å²) in [5.41, 5.74) is 1.86. The lowest BCUT2D eigenvalue weighted by Crippen LogP contribution is -2.54. The molecular weight excluding hydrogens is 368 g/mol. The van der Waals surface area contributed by atoms with Crippen LogP contribution in [0.2, 0.25) is 11.1 Å². The van der Waals surface area contributed by atoms with Crippen molar-refractivity contribution in [3.8, 4) is 11.5 Å². The van der Waals surface area contributed by atoms with Crippen molar-refractivity contribution in [3.63, 3.8) is 0 Å². The summed E-state index contributed by atoms with van der Waals surface area (Å²) in [6, 6.07) is 16.2. The van der Waals surface area contributed by atoms with Crippen molar-refractivity contribution in [1.29, 1.82) is 0 Å². The van der Waals surface area contributed by atoms with Gasteiger partial charge in [0.05, 0.1) is 4.47 Å². The van der Waals surface area contributed by atoms with Gasteiger partial charge in [-0.25, -0.2) is 0 Å². The van der Waals surface area contributed by atoms with Gasteiger partial charge >= 0.3 is 8.56 Å². The van der Waals surface area contributed by atoms with E-state index in [1.54, 1.807) is 0 Å². The number of aryl methyl sites for hydroxylation is 1. The predicted octanol–water partition coefficient (Wildman–Crippen LogP) is 6.48. The Morgan fingerprint density at radius 3 is 1.91 bits per heavy atom. The summed E-state index contributed by atoms with van der Waals surface area (Å²) in [5, 5.41) is 0. The normalized spacial score (nSPS) is 11.8. The first kappa shape index (κ1) is 18.1. The van der Waals surface area contributed by atoms with Gasteiger partial charge in [-0.1, -0.05) is 57.5 Å². The molecule has 0 aliphatic rings. The first-order valence-corrected chi connectivity index (χ1v) is 10.8. The van der Waals surface area contributed by atoms with Crippen LogP contribution in [0.15, 0.2) is 53.0 Å². The number of hydrogen-bond donors (Lipinski definition) is 0. The topological polar surface area (TPSA) is 18.5 Å². The molecule has 0 bridgehead atoms. The van der Waals surface area contributed by atoms with Gasteiger partial charge in [0, 0.05) is 11.1 Å². The lowest BCUT2D eigenvalue weighted by Gasteiger charge is -2.37. The summed E-state index contributed by atoms with van der Waals surface area (Å²) in [4.78, 5) is 0. The predicted molar refractivity (Wildman–Crippen MR) is 103 cm³/mol. The fourth-order valence-electron chi connectivity index (χ4n) is 2.65. The van der Waals surface area contributed by atoms with E-state index in [9.17, 15) is 0 Å². The molecule has 0 N–H and O–H groups in total. The van der Waals surface area contributed by atoms with E-state index in [0.717, 1.165) is 16.0 Å². The number of hydrogen-bond acceptors (Lipinski definition) is 2. The van der Waals surface area contributed by atoms with Crippen LogP contribution < -0.4 is 8.85 Å². The third-order valence-corrected chi connectivity index (χ3v) is 8.98. The molecule has 0 atom stereocenters. The Morgan fingerprint density at radius 2 is 1.39 bits per heavy atom. The third-order valence-electron chi connectivity index (χ3n) is 4.01. The van der Waals surface area contributed by atoms with Crippen molar-refractivity contribution in [2.24, 2.45) is 0 Å². The molecule has 0 saturated carbocycles. The zero-order valence-corrected chi connectivity index (χ0v) is 17.1. The van der Waals surface area contributed by atoms with Gasteiger partial charge in [-0.3, -0.25) is 0 Å². The van der Waals surface area contributed by atoms with E-state index < -0.39 is 8.56 Å². The minimum absolute atomic E-state index is 0.316. The van der Waals surface area contributed by atoms with Gasteiger partial charge < -0.3 is 8.85 Å². The number of para-hydroxylation sites is 1. The summed E-state index contributed by atoms with van der Waals surface area (Å²) in [6.07, 6.45) is 0. The minimum Gasteiger partial charge on any atom is -0.512 e. The fraction of sp³-hybridized carbons (Fsp3) is 0.368. The zero-order chi connectivity index (χ0) is 17.0. The molecule has 0 spiro atoms. The van der Waals surface area contributed by atoms with E-state index in [1.165, 1.54) is 5.56 Å². The van der Waals surface area contributed by atoms with Crippen LogP contribution in [0.1, 0.15) is 33.3 Å². The molecule has 2 nitrogen and oxygen atoms in total. The summed E-state index contributed by atoms with van der Waals surface area (Å²) in [6.45, 7) is 10.8. The smallest absolute Gasteiger partial charge is 0.465 e. The van der Waals surface area contributed by atoms with E-state index in [0.29, 0.717) is 11.1 Å². The Hall–Kier alpha value is -1.26. The van der Waals surface area contributed by atoms with E-state index in [2.05, 4.69) is 62.7 Å². The second-order valence-electron chi connectivity index (χ2n) is 6.48. The van der Waals surface area contributed by atoms with Crippen LogP contribution in [0.4, 0.5) is 0 Å². The maximum absolute atomic E-state index is 6.56. The Kier molecular flexibility index (Phi) is 5.93. The second-order valence-corrected chi connectivity index (χ2v) is 11.5. The monoisotopic (exact) mass is 392 g/mol. The van der Waals surface area contributed by atoms with Gasteiger partial charge in [-0.15, -0.1) is 0 Å². The van der Waals surface area contributed by atoms with Crippen LogP contribution in [-0.2, 0) is 0 Å². The molecule has 0 aliphatic carbocycles. The number of rotatable bonds is 6. The van der Waals surface area contributed by atoms with E-state index in [-0.39, 0.29) is 0 Å². The third kappa shape index (κ3) is 4.18. The molecule has 0 radical (unpaired) electrons. The minimum atomic E-state index is -2.51. The van der Waals surface area contributed by atoms with Crippen molar-refractivity contribution < 1.29 is 8.85 Å². The molecule has 124 valence electrons. The first-order valence-electron chi connectivity index (χ1n) is 8.04. The summed E-state index contributed by atoms with van der Waals surface area (Å²) in [7, 11) is -2.51. The summed E-state index contributed by atoms with van der Waals surface area (Å²) >= 11 is 3.58. The molecule has 0 saturated heterocycles. The largest absolute Gasteiger partial charge is 0.512 e. The molecule has 2 aromatic carbocycles. The number of halogens is 1. The van der Waals surface area contributed by atoms with Crippen molar-refractivity contribution in [3.05, 3.63) is 58.6 Å². The Morgan fingerprint density at radius 1 is 0.826 bits per heavy atom. The van der Waals surface area contributed by atoms with E-state index >= 15 is 0 Å². The van der Waals surface area contributed by atoms with Gasteiger partial charge in [0.1, 0.15) is 11.5 Å². The average molecular weight is 393 g/mol. The SMILES string of the molecule is Cc1ccc(O[Si](Oc2ccccc2Br)(C(C)C)C(C)C)cc1. The molecule has 4 heteroatoms. The number of benzene rings is 2. The van der Waals surface area contributed by atoms with Crippen molar-refractivity contribution in [2.45, 2.75) is 45.7 Å². The van der Waals surface area contributed by atoms with E-state index in [1.807, 2.05) is 36.4 Å². The lowest BCUT2D eigenvalue weighted by atomic mass is 10.2. The standard InChI is InChI=1S/C19H25BrO2Si/c1-14(2)23(15(3)4,21-17-12-10-16(5)11-13-17)22-19-9-7-6-8-18(19)20/h6-15H,1-5H3. The van der Waals surface area contributed by atoms with Crippen LogP contribution in [0.3, 0.4) is 0 Å². The molecule has 2 rings (SSSR count). The highest BCUT2D eigenvalue weighted by molar-refractivity contribution is 9.10. The fourth-order valence-corrected chi connectivity index (χ4v) is 6.51. The molecule has 0 unspecified atom stereocenters. The molecule has 23 heavy (non-hydrogen) atoms. The maximum atomic E-state index is 6.56. The highest BCUT2D eigenvalue weighted by Crippen LogP contribution is 2.38. The summed E-state index contributed by atoms with van der Waals surface area (Å²) < 4.78 is 14.1. The molecule has 0 aromatic heterocycles. The Bertz CT molecular complexity index is 630. The Labute approximate surface area is 149 Å². The van der Waals surface area contributed by atoms with Gasteiger partial charge in [-0.05, 0) is 47.1 Å². The van der Waals surface area contributed by atoms with Crippen molar-refractivity contribution >= 4 is 24.5 Å². The quantitative estimate of drug-likeness (QED) is 0.523. The average Bonchev–Trinajstić information content (AvgIpc) is 2.50. The van der Waals surface area contributed by atoms with Gasteiger partial charge in [0.15, 0.2) is 0 Å². The molecule has 0 aliphatic heterocycles. The van der Waals surface area contributed by atoms with Crippen LogP contribution in [-0.4, -0.2) is 8.56 Å².